The van der Waals surface area contributed by atoms with Crippen LogP contribution in [0.4, 0.5) is 6.01 Å². The van der Waals surface area contributed by atoms with Crippen LogP contribution in [0.15, 0.2) is 34.9 Å². The van der Waals surface area contributed by atoms with Crippen LogP contribution in [-0.2, 0) is 6.42 Å². The highest BCUT2D eigenvalue weighted by atomic mass is 16.4. The van der Waals surface area contributed by atoms with Gasteiger partial charge in [-0.1, -0.05) is 24.3 Å². The summed E-state index contributed by atoms with van der Waals surface area (Å²) in [5, 5.41) is 12.8. The number of nitrogens with two attached hydrogens (primary N) is 1. The van der Waals surface area contributed by atoms with Crippen molar-refractivity contribution in [2.45, 2.75) is 18.6 Å². The molecular weight excluding hydrogens is 246 g/mol. The van der Waals surface area contributed by atoms with E-state index < -0.39 is 18.1 Å². The summed E-state index contributed by atoms with van der Waals surface area (Å²) in [7, 11) is 0. The maximum Gasteiger partial charge on any atom is 0.292 e. The molecule has 1 aromatic heterocycles. The van der Waals surface area contributed by atoms with Crippen molar-refractivity contribution >= 4 is 11.9 Å². The Hall–Kier alpha value is -2.34. The fraction of sp³-hybridized carbons (Fsp3) is 0.231. The van der Waals surface area contributed by atoms with Crippen molar-refractivity contribution in [3.8, 4) is 0 Å². The van der Waals surface area contributed by atoms with E-state index in [9.17, 15) is 9.90 Å². The maximum atomic E-state index is 12.0. The summed E-state index contributed by atoms with van der Waals surface area (Å²) in [5.74, 6) is -0.416. The van der Waals surface area contributed by atoms with E-state index in [4.69, 9.17) is 10.2 Å². The first kappa shape index (κ1) is 11.7. The summed E-state index contributed by atoms with van der Waals surface area (Å²) in [6, 6.07) is 7.14. The predicted octanol–water partition coefficient (Wildman–Crippen LogP) is 0.645. The number of oxazole rings is 1. The van der Waals surface area contributed by atoms with Gasteiger partial charge in [-0.15, -0.1) is 0 Å². The van der Waals surface area contributed by atoms with Crippen LogP contribution < -0.4 is 11.1 Å². The summed E-state index contributed by atoms with van der Waals surface area (Å²) in [5.41, 5.74) is 7.40. The van der Waals surface area contributed by atoms with E-state index >= 15 is 0 Å². The van der Waals surface area contributed by atoms with Gasteiger partial charge in [-0.05, 0) is 11.1 Å². The van der Waals surface area contributed by atoms with Gasteiger partial charge >= 0.3 is 0 Å². The highest BCUT2D eigenvalue weighted by molar-refractivity contribution is 5.92. The standard InChI is InChI=1S/C13H13N3O3/c14-13-15-9(6-19-13)12(18)16-11-8-4-2-1-3-7(8)5-10(11)17/h1-4,6,10-11,17H,5H2,(H2,14,15)(H,16,18)/t10-,11+/m0/s1. The van der Waals surface area contributed by atoms with E-state index in [0.717, 1.165) is 11.1 Å². The predicted molar refractivity (Wildman–Crippen MR) is 67.3 cm³/mol. The van der Waals surface area contributed by atoms with Crippen LogP contribution in [0, 0.1) is 0 Å². The Bertz CT molecular complexity index is 623. The molecule has 0 bridgehead atoms. The number of hydrogen-bond donors (Lipinski definition) is 3. The van der Waals surface area contributed by atoms with Gasteiger partial charge in [0.25, 0.3) is 11.9 Å². The molecule has 3 rings (SSSR count). The minimum Gasteiger partial charge on any atom is -0.431 e. The third-order valence-electron chi connectivity index (χ3n) is 3.25. The van der Waals surface area contributed by atoms with Crippen LogP contribution in [0.2, 0.25) is 0 Å². The number of carbonyl (C=O) groups excluding carboxylic acids is 1. The lowest BCUT2D eigenvalue weighted by atomic mass is 10.1. The van der Waals surface area contributed by atoms with Gasteiger partial charge in [0.2, 0.25) is 0 Å². The molecule has 2 aromatic rings. The molecule has 0 unspecified atom stereocenters. The molecule has 1 amide bonds. The molecule has 19 heavy (non-hydrogen) atoms. The maximum absolute atomic E-state index is 12.0. The Labute approximate surface area is 109 Å². The number of nitrogens with one attached hydrogen (secondary N) is 1. The van der Waals surface area contributed by atoms with Gasteiger partial charge in [-0.2, -0.15) is 4.98 Å². The third-order valence-corrected chi connectivity index (χ3v) is 3.25. The SMILES string of the molecule is Nc1nc(C(=O)N[C@@H]2c3ccccc3C[C@@H]2O)co1. The van der Waals surface area contributed by atoms with Crippen molar-refractivity contribution in [2.24, 2.45) is 0 Å². The molecule has 1 heterocycles. The fourth-order valence-corrected chi connectivity index (χ4v) is 2.35. The first-order valence-corrected chi connectivity index (χ1v) is 5.93. The first-order chi connectivity index (χ1) is 9.15. The van der Waals surface area contributed by atoms with Crippen molar-refractivity contribution in [1.29, 1.82) is 0 Å². The second kappa shape index (κ2) is 4.40. The number of rotatable bonds is 2. The van der Waals surface area contributed by atoms with Crippen LogP contribution in [-0.4, -0.2) is 22.1 Å². The number of aliphatic hydroxyl groups is 1. The second-order valence-electron chi connectivity index (χ2n) is 4.49. The van der Waals surface area contributed by atoms with E-state index in [0.29, 0.717) is 6.42 Å². The Morgan fingerprint density at radius 2 is 2.26 bits per heavy atom. The van der Waals surface area contributed by atoms with Gasteiger partial charge in [0, 0.05) is 6.42 Å². The quantitative estimate of drug-likeness (QED) is 0.734. The summed E-state index contributed by atoms with van der Waals surface area (Å²) >= 11 is 0. The normalized spacial score (nSPS) is 21.1. The lowest BCUT2D eigenvalue weighted by Crippen LogP contribution is -2.34. The topological polar surface area (TPSA) is 101 Å². The molecule has 2 atom stereocenters. The lowest BCUT2D eigenvalue weighted by Gasteiger charge is -2.16. The zero-order chi connectivity index (χ0) is 13.4. The number of aliphatic hydroxyl groups excluding tert-OH is 1. The number of benzene rings is 1. The van der Waals surface area contributed by atoms with Gasteiger partial charge in [0.05, 0.1) is 12.1 Å². The van der Waals surface area contributed by atoms with Gasteiger partial charge in [0.15, 0.2) is 5.69 Å². The third kappa shape index (κ3) is 2.06. The van der Waals surface area contributed by atoms with E-state index in [1.807, 2.05) is 24.3 Å². The number of nitrogen functional groups attached to an aromatic ring is 1. The monoisotopic (exact) mass is 259 g/mol. The zero-order valence-corrected chi connectivity index (χ0v) is 10.0. The number of amides is 1. The molecule has 0 radical (unpaired) electrons. The van der Waals surface area contributed by atoms with Gasteiger partial charge in [-0.3, -0.25) is 4.79 Å². The molecule has 6 nitrogen and oxygen atoms in total. The van der Waals surface area contributed by atoms with Crippen LogP contribution in [0.1, 0.15) is 27.7 Å². The molecular formula is C13H13N3O3. The van der Waals surface area contributed by atoms with Crippen molar-refractivity contribution in [3.63, 3.8) is 0 Å². The molecule has 1 aromatic carbocycles. The average Bonchev–Trinajstić information content (AvgIpc) is 2.95. The average molecular weight is 259 g/mol. The second-order valence-corrected chi connectivity index (χ2v) is 4.49. The van der Waals surface area contributed by atoms with Crippen LogP contribution >= 0.6 is 0 Å². The molecule has 6 heteroatoms. The van der Waals surface area contributed by atoms with Crippen molar-refractivity contribution < 1.29 is 14.3 Å². The number of carbonyl (C=O) groups is 1. The molecule has 0 saturated carbocycles. The summed E-state index contributed by atoms with van der Waals surface area (Å²) in [4.78, 5) is 15.7. The van der Waals surface area contributed by atoms with Gasteiger partial charge < -0.3 is 20.6 Å². The van der Waals surface area contributed by atoms with Crippen LogP contribution in [0.5, 0.6) is 0 Å². The fourth-order valence-electron chi connectivity index (χ4n) is 2.35. The van der Waals surface area contributed by atoms with Gasteiger partial charge in [0.1, 0.15) is 6.26 Å². The van der Waals surface area contributed by atoms with E-state index in [1.165, 1.54) is 6.26 Å². The number of nitrogens with zero attached hydrogens (tertiary/aromatic N) is 1. The number of hydrogen-bond acceptors (Lipinski definition) is 5. The number of anilines is 1. The van der Waals surface area contributed by atoms with Crippen LogP contribution in [0.3, 0.4) is 0 Å². The van der Waals surface area contributed by atoms with E-state index in [-0.39, 0.29) is 11.7 Å². The molecule has 0 spiro atoms. The van der Waals surface area contributed by atoms with Crippen molar-refractivity contribution in [2.75, 3.05) is 5.73 Å². The highest BCUT2D eigenvalue weighted by Crippen LogP contribution is 2.31. The highest BCUT2D eigenvalue weighted by Gasteiger charge is 2.32. The smallest absolute Gasteiger partial charge is 0.292 e. The molecule has 0 aliphatic heterocycles. The van der Waals surface area contributed by atoms with Gasteiger partial charge in [-0.25, -0.2) is 0 Å². The largest absolute Gasteiger partial charge is 0.431 e. The zero-order valence-electron chi connectivity index (χ0n) is 10.0. The lowest BCUT2D eigenvalue weighted by molar-refractivity contribution is 0.0853. The molecule has 98 valence electrons. The Balaban J connectivity index is 1.82. The van der Waals surface area contributed by atoms with E-state index in [1.54, 1.807) is 0 Å². The summed E-state index contributed by atoms with van der Waals surface area (Å²) in [6.07, 6.45) is 1.09. The minimum atomic E-state index is -0.634. The molecule has 4 N–H and O–H groups in total. The van der Waals surface area contributed by atoms with Crippen molar-refractivity contribution in [3.05, 3.63) is 47.3 Å². The Morgan fingerprint density at radius 3 is 3.00 bits per heavy atom. The van der Waals surface area contributed by atoms with Crippen molar-refractivity contribution in [1.82, 2.24) is 10.3 Å². The molecule has 1 aliphatic carbocycles. The molecule has 1 aliphatic rings. The molecule has 0 fully saturated rings. The molecule has 0 saturated heterocycles. The summed E-state index contributed by atoms with van der Waals surface area (Å²) in [6.45, 7) is 0. The van der Waals surface area contributed by atoms with E-state index in [2.05, 4.69) is 10.3 Å². The van der Waals surface area contributed by atoms with Crippen LogP contribution in [0.25, 0.3) is 0 Å². The summed E-state index contributed by atoms with van der Waals surface area (Å²) < 4.78 is 4.79. The Morgan fingerprint density at radius 1 is 1.47 bits per heavy atom. The first-order valence-electron chi connectivity index (χ1n) is 5.93. The number of aromatic nitrogens is 1. The number of fused-ring (bicyclic) bond motifs is 1. The minimum absolute atomic E-state index is 0.0579. The Kier molecular flexibility index (Phi) is 2.72.